The molecule has 0 unspecified atom stereocenters. The van der Waals surface area contributed by atoms with Crippen LogP contribution in [0.25, 0.3) is 0 Å². The summed E-state index contributed by atoms with van der Waals surface area (Å²) in [6.07, 6.45) is 0. The van der Waals surface area contributed by atoms with Gasteiger partial charge in [0.25, 0.3) is 0 Å². The molecule has 0 aliphatic carbocycles. The summed E-state index contributed by atoms with van der Waals surface area (Å²) in [5.74, 6) is -1.03. The van der Waals surface area contributed by atoms with Gasteiger partial charge in [0.05, 0.1) is 0 Å². The number of carboxylic acid groups (broad SMARTS) is 1. The van der Waals surface area contributed by atoms with Crippen LogP contribution in [0.4, 0.5) is 10.2 Å². The molecule has 0 bridgehead atoms. The van der Waals surface area contributed by atoms with E-state index in [2.05, 4.69) is 15.5 Å². The zero-order valence-corrected chi connectivity index (χ0v) is 8.77. The number of benzene rings is 1. The maximum absolute atomic E-state index is 13.3. The number of aromatic carboxylic acids is 1. The number of aromatic amines is 1. The lowest BCUT2D eigenvalue weighted by molar-refractivity contribution is 0.0690. The zero-order valence-electron chi connectivity index (χ0n) is 8.77. The molecule has 0 spiro atoms. The lowest BCUT2D eigenvalue weighted by Gasteiger charge is -2.03. The normalized spacial score (nSPS) is 10.2. The minimum Gasteiger partial charge on any atom is -0.477 e. The molecule has 0 aliphatic heterocycles. The second-order valence-corrected chi connectivity index (χ2v) is 3.42. The predicted molar refractivity (Wildman–Crippen MR) is 59.3 cm³/mol. The van der Waals surface area contributed by atoms with Gasteiger partial charge in [-0.2, -0.15) is 5.10 Å². The first-order valence-corrected chi connectivity index (χ1v) is 4.93. The van der Waals surface area contributed by atoms with Crippen molar-refractivity contribution in [2.24, 2.45) is 0 Å². The van der Waals surface area contributed by atoms with Crippen LogP contribution in [0.1, 0.15) is 16.1 Å². The molecule has 0 fully saturated rings. The highest BCUT2D eigenvalue weighted by Gasteiger charge is 2.07. The van der Waals surface area contributed by atoms with E-state index in [9.17, 15) is 9.18 Å². The monoisotopic (exact) mass is 235 g/mol. The lowest BCUT2D eigenvalue weighted by Crippen LogP contribution is -2.01. The van der Waals surface area contributed by atoms with E-state index in [1.807, 2.05) is 0 Å². The fourth-order valence-corrected chi connectivity index (χ4v) is 1.35. The van der Waals surface area contributed by atoms with Crippen LogP contribution in [0.5, 0.6) is 0 Å². The molecule has 6 heteroatoms. The molecule has 0 saturated heterocycles. The van der Waals surface area contributed by atoms with Crippen molar-refractivity contribution >= 4 is 11.8 Å². The molecule has 0 aliphatic rings. The highest BCUT2D eigenvalue weighted by atomic mass is 19.1. The fraction of sp³-hybridized carbons (Fsp3) is 0.0909. The number of hydrogen-bond donors (Lipinski definition) is 3. The summed E-state index contributed by atoms with van der Waals surface area (Å²) in [5, 5.41) is 17.6. The average Bonchev–Trinajstić information content (AvgIpc) is 2.77. The largest absolute Gasteiger partial charge is 0.477 e. The number of H-pyrrole nitrogens is 1. The molecule has 2 aromatic rings. The van der Waals surface area contributed by atoms with Gasteiger partial charge >= 0.3 is 5.97 Å². The minimum absolute atomic E-state index is 0.0129. The first-order chi connectivity index (χ1) is 8.16. The van der Waals surface area contributed by atoms with Crippen LogP contribution in [-0.4, -0.2) is 21.3 Å². The number of nitrogens with one attached hydrogen (secondary N) is 2. The molecule has 0 saturated carbocycles. The highest BCUT2D eigenvalue weighted by molar-refractivity contribution is 5.86. The van der Waals surface area contributed by atoms with Gasteiger partial charge in [0, 0.05) is 18.2 Å². The maximum atomic E-state index is 13.3. The first-order valence-electron chi connectivity index (χ1n) is 4.93. The molecular weight excluding hydrogens is 225 g/mol. The molecule has 0 amide bonds. The van der Waals surface area contributed by atoms with Crippen LogP contribution in [0.3, 0.4) is 0 Å². The molecule has 17 heavy (non-hydrogen) atoms. The second-order valence-electron chi connectivity index (χ2n) is 3.42. The van der Waals surface area contributed by atoms with E-state index in [-0.39, 0.29) is 18.1 Å². The van der Waals surface area contributed by atoms with Crippen molar-refractivity contribution in [3.05, 3.63) is 47.4 Å². The zero-order chi connectivity index (χ0) is 12.3. The molecule has 1 heterocycles. The highest BCUT2D eigenvalue weighted by Crippen LogP contribution is 2.10. The summed E-state index contributed by atoms with van der Waals surface area (Å²) in [7, 11) is 0. The van der Waals surface area contributed by atoms with E-state index in [0.29, 0.717) is 11.4 Å². The third kappa shape index (κ3) is 2.60. The average molecular weight is 235 g/mol. The molecule has 1 aromatic heterocycles. The number of carbonyl (C=O) groups is 1. The summed E-state index contributed by atoms with van der Waals surface area (Å²) < 4.78 is 13.3. The van der Waals surface area contributed by atoms with Crippen molar-refractivity contribution in [1.82, 2.24) is 10.2 Å². The van der Waals surface area contributed by atoms with E-state index in [0.717, 1.165) is 0 Å². The lowest BCUT2D eigenvalue weighted by atomic mass is 10.2. The predicted octanol–water partition coefficient (Wildman–Crippen LogP) is 1.86. The molecule has 88 valence electrons. The van der Waals surface area contributed by atoms with Crippen molar-refractivity contribution in [3.63, 3.8) is 0 Å². The Morgan fingerprint density at radius 2 is 2.24 bits per heavy atom. The van der Waals surface area contributed by atoms with Gasteiger partial charge in [0.2, 0.25) is 0 Å². The summed E-state index contributed by atoms with van der Waals surface area (Å²) >= 11 is 0. The van der Waals surface area contributed by atoms with Gasteiger partial charge in [-0.25, -0.2) is 9.18 Å². The topological polar surface area (TPSA) is 78.0 Å². The number of anilines is 1. The molecule has 5 nitrogen and oxygen atoms in total. The molecule has 1 aromatic carbocycles. The third-order valence-corrected chi connectivity index (χ3v) is 2.23. The van der Waals surface area contributed by atoms with Crippen molar-refractivity contribution in [3.8, 4) is 0 Å². The van der Waals surface area contributed by atoms with E-state index in [1.165, 1.54) is 12.1 Å². The molecule has 2 rings (SSSR count). The summed E-state index contributed by atoms with van der Waals surface area (Å²) in [5.41, 5.74) is 0.480. The smallest absolute Gasteiger partial charge is 0.353 e. The number of aromatic nitrogens is 2. The minimum atomic E-state index is -1.09. The molecular formula is C11H10FN3O2. The van der Waals surface area contributed by atoms with Crippen LogP contribution in [0.15, 0.2) is 30.3 Å². The Kier molecular flexibility index (Phi) is 3.04. The van der Waals surface area contributed by atoms with Crippen molar-refractivity contribution in [1.29, 1.82) is 0 Å². The first kappa shape index (κ1) is 11.1. The molecule has 3 N–H and O–H groups in total. The number of carboxylic acids is 1. The van der Waals surface area contributed by atoms with Gasteiger partial charge in [-0.1, -0.05) is 18.2 Å². The van der Waals surface area contributed by atoms with Crippen LogP contribution in [-0.2, 0) is 6.54 Å². The van der Waals surface area contributed by atoms with Crippen LogP contribution in [0, 0.1) is 5.82 Å². The van der Waals surface area contributed by atoms with E-state index in [4.69, 9.17) is 5.11 Å². The van der Waals surface area contributed by atoms with E-state index < -0.39 is 5.97 Å². The Balaban J connectivity index is 2.02. The number of rotatable bonds is 4. The maximum Gasteiger partial charge on any atom is 0.353 e. The Labute approximate surface area is 96.3 Å². The third-order valence-electron chi connectivity index (χ3n) is 2.23. The number of hydrogen-bond acceptors (Lipinski definition) is 3. The van der Waals surface area contributed by atoms with Gasteiger partial charge in [-0.3, -0.25) is 5.10 Å². The summed E-state index contributed by atoms with van der Waals surface area (Å²) in [4.78, 5) is 10.6. The molecule has 0 atom stereocenters. The van der Waals surface area contributed by atoms with Gasteiger partial charge in [-0.05, 0) is 6.07 Å². The van der Waals surface area contributed by atoms with Crippen LogP contribution < -0.4 is 5.32 Å². The SMILES string of the molecule is O=C(O)c1cc(NCc2ccccc2F)n[nH]1. The number of halogens is 1. The van der Waals surface area contributed by atoms with Gasteiger partial charge in [0.15, 0.2) is 0 Å². The second kappa shape index (κ2) is 4.65. The Hall–Kier alpha value is -2.37. The van der Waals surface area contributed by atoms with E-state index >= 15 is 0 Å². The summed E-state index contributed by atoms with van der Waals surface area (Å²) in [6.45, 7) is 0.247. The van der Waals surface area contributed by atoms with Crippen molar-refractivity contribution in [2.45, 2.75) is 6.54 Å². The van der Waals surface area contributed by atoms with Crippen LogP contribution >= 0.6 is 0 Å². The van der Waals surface area contributed by atoms with E-state index in [1.54, 1.807) is 18.2 Å². The fourth-order valence-electron chi connectivity index (χ4n) is 1.35. The standard InChI is InChI=1S/C11H10FN3O2/c12-8-4-2-1-3-7(8)6-13-10-5-9(11(16)17)14-15-10/h1-5H,6H2,(H,16,17)(H2,13,14,15). The Morgan fingerprint density at radius 1 is 1.47 bits per heavy atom. The van der Waals surface area contributed by atoms with Gasteiger partial charge in [-0.15, -0.1) is 0 Å². The quantitative estimate of drug-likeness (QED) is 0.755. The van der Waals surface area contributed by atoms with Crippen LogP contribution in [0.2, 0.25) is 0 Å². The van der Waals surface area contributed by atoms with Crippen molar-refractivity contribution < 1.29 is 14.3 Å². The van der Waals surface area contributed by atoms with Gasteiger partial charge in [0.1, 0.15) is 17.3 Å². The summed E-state index contributed by atoms with van der Waals surface area (Å²) in [6, 6.07) is 7.70. The Morgan fingerprint density at radius 3 is 2.88 bits per heavy atom. The molecule has 0 radical (unpaired) electrons. The van der Waals surface area contributed by atoms with Crippen molar-refractivity contribution in [2.75, 3.05) is 5.32 Å². The van der Waals surface area contributed by atoms with Gasteiger partial charge < -0.3 is 10.4 Å². The Bertz CT molecular complexity index is 539. The number of nitrogens with zero attached hydrogens (tertiary/aromatic N) is 1.